The van der Waals surface area contributed by atoms with Gasteiger partial charge in [-0.1, -0.05) is 30.8 Å². The number of benzene rings is 1. The molecule has 0 N–H and O–H groups in total. The van der Waals surface area contributed by atoms with Crippen LogP contribution in [0.25, 0.3) is 10.9 Å². The van der Waals surface area contributed by atoms with Gasteiger partial charge >= 0.3 is 5.97 Å². The van der Waals surface area contributed by atoms with Crippen molar-refractivity contribution in [3.63, 3.8) is 0 Å². The third-order valence-corrected chi connectivity index (χ3v) is 3.95. The molecule has 2 aromatic rings. The lowest BCUT2D eigenvalue weighted by Gasteiger charge is -2.08. The van der Waals surface area contributed by atoms with Crippen LogP contribution in [0.1, 0.15) is 18.1 Å². The third-order valence-electron chi connectivity index (χ3n) is 2.95. The first kappa shape index (κ1) is 13.9. The topological polar surface area (TPSA) is 39.2 Å². The molecule has 0 saturated carbocycles. The van der Waals surface area contributed by atoms with Gasteiger partial charge in [0.15, 0.2) is 0 Å². The van der Waals surface area contributed by atoms with Gasteiger partial charge in [-0.3, -0.25) is 4.79 Å². The fraction of sp³-hybridized carbons (Fsp3) is 0.333. The second-order valence-corrected chi connectivity index (χ2v) is 5.33. The van der Waals surface area contributed by atoms with E-state index in [1.54, 1.807) is 0 Å². The second kappa shape index (κ2) is 6.06. The number of fused-ring (bicyclic) bond motifs is 1. The molecule has 1 aromatic carbocycles. The van der Waals surface area contributed by atoms with Crippen molar-refractivity contribution in [1.29, 1.82) is 0 Å². The van der Waals surface area contributed by atoms with Crippen LogP contribution in [-0.2, 0) is 16.0 Å². The number of hydrogen-bond donors (Lipinski definition) is 0. The van der Waals surface area contributed by atoms with Crippen molar-refractivity contribution in [3.8, 4) is 0 Å². The van der Waals surface area contributed by atoms with Crippen molar-refractivity contribution in [2.24, 2.45) is 0 Å². The van der Waals surface area contributed by atoms with Crippen LogP contribution in [-0.4, -0.2) is 23.8 Å². The molecule has 0 fully saturated rings. The van der Waals surface area contributed by atoms with Crippen LogP contribution in [0.2, 0.25) is 0 Å². The number of hydrogen-bond acceptors (Lipinski definition) is 4. The van der Waals surface area contributed by atoms with Gasteiger partial charge in [-0.15, -0.1) is 0 Å². The molecule has 4 heteroatoms. The van der Waals surface area contributed by atoms with Gasteiger partial charge in [0.25, 0.3) is 0 Å². The first-order valence-electron chi connectivity index (χ1n) is 6.24. The second-order valence-electron chi connectivity index (χ2n) is 4.37. The zero-order valence-corrected chi connectivity index (χ0v) is 12.2. The van der Waals surface area contributed by atoms with E-state index in [9.17, 15) is 4.79 Å². The Morgan fingerprint density at radius 1 is 1.37 bits per heavy atom. The van der Waals surface area contributed by atoms with Gasteiger partial charge in [0.2, 0.25) is 0 Å². The van der Waals surface area contributed by atoms with Crippen LogP contribution in [0, 0.1) is 6.92 Å². The Balaban J connectivity index is 2.37. The minimum Gasteiger partial charge on any atom is -0.468 e. The maximum absolute atomic E-state index is 11.2. The summed E-state index contributed by atoms with van der Waals surface area (Å²) in [5.74, 6) is 0.0755. The molecule has 2 rings (SSSR count). The number of nitrogens with zero attached hydrogens (tertiary/aromatic N) is 1. The van der Waals surface area contributed by atoms with Crippen LogP contribution in [0.4, 0.5) is 0 Å². The summed E-state index contributed by atoms with van der Waals surface area (Å²) in [6.45, 7) is 4.15. The number of methoxy groups -OCH3 is 1. The van der Waals surface area contributed by atoms with Crippen molar-refractivity contribution < 1.29 is 9.53 Å². The van der Waals surface area contributed by atoms with Crippen molar-refractivity contribution in [2.75, 3.05) is 12.9 Å². The number of carbonyl (C=O) groups excluding carboxylic acids is 1. The quantitative estimate of drug-likeness (QED) is 0.633. The largest absolute Gasteiger partial charge is 0.468 e. The number of ether oxygens (including phenoxy) is 1. The normalized spacial score (nSPS) is 10.7. The van der Waals surface area contributed by atoms with Gasteiger partial charge in [0.1, 0.15) is 5.03 Å². The predicted molar refractivity (Wildman–Crippen MR) is 78.6 cm³/mol. The Kier molecular flexibility index (Phi) is 4.43. The summed E-state index contributed by atoms with van der Waals surface area (Å²) in [6, 6.07) is 8.40. The van der Waals surface area contributed by atoms with Gasteiger partial charge < -0.3 is 4.74 Å². The summed E-state index contributed by atoms with van der Waals surface area (Å²) < 4.78 is 4.66. The Morgan fingerprint density at radius 3 is 2.84 bits per heavy atom. The van der Waals surface area contributed by atoms with Crippen LogP contribution >= 0.6 is 11.8 Å². The fourth-order valence-corrected chi connectivity index (χ4v) is 2.79. The molecular formula is C15H17NO2S. The SMILES string of the molecule is CCc1cc2ccc(C)cc2nc1SCC(=O)OC. The maximum atomic E-state index is 11.2. The zero-order chi connectivity index (χ0) is 13.8. The lowest BCUT2D eigenvalue weighted by molar-refractivity contribution is -0.137. The number of thioether (sulfide) groups is 1. The number of esters is 1. The number of carbonyl (C=O) groups is 1. The minimum absolute atomic E-state index is 0.224. The van der Waals surface area contributed by atoms with E-state index in [2.05, 4.69) is 47.8 Å². The number of rotatable bonds is 4. The molecule has 0 radical (unpaired) electrons. The predicted octanol–water partition coefficient (Wildman–Crippen LogP) is 3.37. The molecule has 1 heterocycles. The molecule has 0 bridgehead atoms. The minimum atomic E-state index is -0.224. The standard InChI is InChI=1S/C15H17NO2S/c1-4-11-8-12-6-5-10(2)7-13(12)16-15(11)19-9-14(17)18-3/h5-8H,4,9H2,1-3H3. The van der Waals surface area contributed by atoms with Gasteiger partial charge in [-0.2, -0.15) is 0 Å². The van der Waals surface area contributed by atoms with Gasteiger partial charge in [-0.25, -0.2) is 4.98 Å². The zero-order valence-electron chi connectivity index (χ0n) is 11.4. The monoisotopic (exact) mass is 275 g/mol. The fourth-order valence-electron chi connectivity index (χ4n) is 1.87. The van der Waals surface area contributed by atoms with Gasteiger partial charge in [0.05, 0.1) is 18.4 Å². The molecule has 1 aromatic heterocycles. The average molecular weight is 275 g/mol. The van der Waals surface area contributed by atoms with Crippen molar-refractivity contribution in [3.05, 3.63) is 35.4 Å². The van der Waals surface area contributed by atoms with Crippen LogP contribution in [0.5, 0.6) is 0 Å². The van der Waals surface area contributed by atoms with E-state index in [1.807, 2.05) is 0 Å². The van der Waals surface area contributed by atoms with E-state index in [0.717, 1.165) is 22.3 Å². The molecule has 0 spiro atoms. The van der Waals surface area contributed by atoms with Gasteiger partial charge in [-0.05, 0) is 36.6 Å². The molecule has 3 nitrogen and oxygen atoms in total. The average Bonchev–Trinajstić information content (AvgIpc) is 2.43. The molecule has 0 unspecified atom stereocenters. The summed E-state index contributed by atoms with van der Waals surface area (Å²) in [7, 11) is 1.40. The molecule has 0 atom stereocenters. The highest BCUT2D eigenvalue weighted by molar-refractivity contribution is 7.99. The summed E-state index contributed by atoms with van der Waals surface area (Å²) in [6.07, 6.45) is 0.903. The Morgan fingerprint density at radius 2 is 2.16 bits per heavy atom. The van der Waals surface area contributed by atoms with Gasteiger partial charge in [0, 0.05) is 5.39 Å². The molecular weight excluding hydrogens is 258 g/mol. The first-order chi connectivity index (χ1) is 9.13. The van der Waals surface area contributed by atoms with E-state index >= 15 is 0 Å². The summed E-state index contributed by atoms with van der Waals surface area (Å²) in [5.41, 5.74) is 3.34. The lowest BCUT2D eigenvalue weighted by Crippen LogP contribution is -2.04. The summed E-state index contributed by atoms with van der Waals surface area (Å²) in [4.78, 5) is 15.9. The lowest BCUT2D eigenvalue weighted by atomic mass is 10.1. The number of aryl methyl sites for hydroxylation is 2. The van der Waals surface area contributed by atoms with Crippen LogP contribution in [0.15, 0.2) is 29.3 Å². The van der Waals surface area contributed by atoms with E-state index < -0.39 is 0 Å². The van der Waals surface area contributed by atoms with E-state index in [1.165, 1.54) is 30.0 Å². The molecule has 100 valence electrons. The smallest absolute Gasteiger partial charge is 0.316 e. The number of aromatic nitrogens is 1. The molecule has 19 heavy (non-hydrogen) atoms. The highest BCUT2D eigenvalue weighted by atomic mass is 32.2. The first-order valence-corrected chi connectivity index (χ1v) is 7.22. The van der Waals surface area contributed by atoms with Crippen molar-refractivity contribution >= 4 is 28.6 Å². The third kappa shape index (κ3) is 3.26. The summed E-state index contributed by atoms with van der Waals surface area (Å²) in [5, 5.41) is 2.07. The Bertz CT molecular complexity index is 610. The highest BCUT2D eigenvalue weighted by Gasteiger charge is 2.09. The Labute approximate surface area is 117 Å². The Hall–Kier alpha value is -1.55. The maximum Gasteiger partial charge on any atom is 0.316 e. The molecule has 0 amide bonds. The molecule has 0 saturated heterocycles. The van der Waals surface area contributed by atoms with E-state index in [0.29, 0.717) is 5.75 Å². The molecule has 0 aliphatic rings. The van der Waals surface area contributed by atoms with Crippen LogP contribution in [0.3, 0.4) is 0 Å². The molecule has 0 aliphatic heterocycles. The molecule has 0 aliphatic carbocycles. The van der Waals surface area contributed by atoms with E-state index in [4.69, 9.17) is 0 Å². The summed E-state index contributed by atoms with van der Waals surface area (Å²) >= 11 is 1.44. The highest BCUT2D eigenvalue weighted by Crippen LogP contribution is 2.26. The van der Waals surface area contributed by atoms with Crippen molar-refractivity contribution in [1.82, 2.24) is 4.98 Å². The van der Waals surface area contributed by atoms with Crippen LogP contribution < -0.4 is 0 Å². The number of pyridine rings is 1. The van der Waals surface area contributed by atoms with Crippen molar-refractivity contribution in [2.45, 2.75) is 25.3 Å². The van der Waals surface area contributed by atoms with E-state index in [-0.39, 0.29) is 5.97 Å².